The summed E-state index contributed by atoms with van der Waals surface area (Å²) in [6.07, 6.45) is 9.43. The summed E-state index contributed by atoms with van der Waals surface area (Å²) in [5.41, 5.74) is 22.2. The Hall–Kier alpha value is -5.96. The van der Waals surface area contributed by atoms with Crippen molar-refractivity contribution in [3.63, 3.8) is 0 Å². The van der Waals surface area contributed by atoms with E-state index in [1.165, 1.54) is 25.7 Å². The zero-order valence-electron chi connectivity index (χ0n) is 28.4. The molecule has 9 nitrogen and oxygen atoms in total. The van der Waals surface area contributed by atoms with Gasteiger partial charge < -0.3 is 25.9 Å². The van der Waals surface area contributed by atoms with Crippen LogP contribution in [-0.4, -0.2) is 43.7 Å². The summed E-state index contributed by atoms with van der Waals surface area (Å²) >= 11 is 0. The van der Waals surface area contributed by atoms with E-state index in [0.29, 0.717) is 23.8 Å². The van der Waals surface area contributed by atoms with E-state index >= 15 is 0 Å². The van der Waals surface area contributed by atoms with Gasteiger partial charge >= 0.3 is 0 Å². The average molecular weight is 673 g/mol. The van der Waals surface area contributed by atoms with Crippen LogP contribution < -0.4 is 11.5 Å². The van der Waals surface area contributed by atoms with E-state index in [4.69, 9.17) is 35.8 Å². The molecule has 0 aliphatic heterocycles. The Labute approximate surface area is 296 Å². The van der Waals surface area contributed by atoms with Gasteiger partial charge in [0.1, 0.15) is 34.8 Å². The summed E-state index contributed by atoms with van der Waals surface area (Å²) < 4.78 is 6.32. The zero-order valence-corrected chi connectivity index (χ0v) is 28.4. The molecule has 51 heavy (non-hydrogen) atoms. The van der Waals surface area contributed by atoms with Crippen molar-refractivity contribution < 1.29 is 4.42 Å². The lowest BCUT2D eigenvalue weighted by molar-refractivity contribution is 0.597. The molecular weight excluding hydrogens is 633 g/mol. The Morgan fingerprint density at radius 3 is 1.33 bits per heavy atom. The van der Waals surface area contributed by atoms with Crippen molar-refractivity contribution in [2.45, 2.75) is 63.5 Å². The third-order valence-corrected chi connectivity index (χ3v) is 10.3. The number of nitrogens with zero attached hydrogens (tertiary/aromatic N) is 4. The number of rotatable bonds is 8. The SMILES string of the molecule is NC(=NC1CCCC1)c1ccc2nc(-c3ccc(-c4ccc(-c5ccc(-c6nc7ccc(C(N)=NC8CCCC8)cc7[nH]6)cc5)o4)cc3)[nH]c2c1. The summed E-state index contributed by atoms with van der Waals surface area (Å²) in [4.78, 5) is 26.1. The molecule has 0 spiro atoms. The van der Waals surface area contributed by atoms with Crippen LogP contribution in [0.1, 0.15) is 62.5 Å². The molecule has 2 aliphatic rings. The van der Waals surface area contributed by atoms with E-state index in [1.54, 1.807) is 0 Å². The number of furan rings is 1. The number of amidine groups is 2. The molecule has 6 N–H and O–H groups in total. The Bertz CT molecular complexity index is 2230. The lowest BCUT2D eigenvalue weighted by Crippen LogP contribution is -2.16. The molecule has 9 rings (SSSR count). The smallest absolute Gasteiger partial charge is 0.138 e. The second-order valence-corrected chi connectivity index (χ2v) is 13.9. The molecule has 0 amide bonds. The maximum absolute atomic E-state index is 6.36. The predicted octanol–water partition coefficient (Wildman–Crippen LogP) is 9.00. The molecule has 254 valence electrons. The summed E-state index contributed by atoms with van der Waals surface area (Å²) in [5, 5.41) is 0. The maximum atomic E-state index is 6.36. The van der Waals surface area contributed by atoms with E-state index in [0.717, 1.165) is 104 Å². The fourth-order valence-corrected chi connectivity index (χ4v) is 7.45. The number of aromatic amines is 2. The van der Waals surface area contributed by atoms with Crippen molar-refractivity contribution >= 4 is 33.7 Å². The van der Waals surface area contributed by atoms with Gasteiger partial charge in [-0.05, 0) is 74.2 Å². The van der Waals surface area contributed by atoms with Crippen LogP contribution in [0.15, 0.2) is 111 Å². The van der Waals surface area contributed by atoms with Crippen LogP contribution in [0.3, 0.4) is 0 Å². The van der Waals surface area contributed by atoms with Gasteiger partial charge in [0.2, 0.25) is 0 Å². The van der Waals surface area contributed by atoms with Crippen molar-refractivity contribution in [3.8, 4) is 45.4 Å². The highest BCUT2D eigenvalue weighted by Gasteiger charge is 2.17. The Kier molecular flexibility index (Phi) is 7.95. The second-order valence-electron chi connectivity index (χ2n) is 13.9. The van der Waals surface area contributed by atoms with Crippen molar-refractivity contribution in [1.82, 2.24) is 19.9 Å². The number of imidazole rings is 2. The first-order valence-corrected chi connectivity index (χ1v) is 18.0. The summed E-state index contributed by atoms with van der Waals surface area (Å²) in [6.45, 7) is 0. The highest BCUT2D eigenvalue weighted by Crippen LogP contribution is 2.32. The van der Waals surface area contributed by atoms with Gasteiger partial charge in [0, 0.05) is 33.4 Å². The maximum Gasteiger partial charge on any atom is 0.138 e. The Balaban J connectivity index is 0.887. The molecule has 0 atom stereocenters. The molecule has 2 aliphatic carbocycles. The van der Waals surface area contributed by atoms with Crippen molar-refractivity contribution in [3.05, 3.63) is 108 Å². The molecule has 3 aromatic heterocycles. The standard InChI is InChI=1S/C42H40N8O/c43-39(45-31-5-1-2-6-31)29-17-19-33-35(23-29)49-41(47-33)27-13-9-25(10-14-27)37-21-22-38(51-37)26-11-15-28(16-12-26)42-48-34-20-18-30(24-36(34)50-42)40(44)46-32-7-3-4-8-32/h9-24,31-32H,1-8H2,(H2,43,45)(H2,44,46)(H,47,49)(H,48,50). The highest BCUT2D eigenvalue weighted by molar-refractivity contribution is 6.01. The molecule has 0 radical (unpaired) electrons. The number of H-pyrrole nitrogens is 2. The second kappa shape index (κ2) is 13.1. The van der Waals surface area contributed by atoms with Crippen LogP contribution in [-0.2, 0) is 0 Å². The summed E-state index contributed by atoms with van der Waals surface area (Å²) in [5.74, 6) is 4.42. The first-order valence-electron chi connectivity index (χ1n) is 18.0. The quantitative estimate of drug-likeness (QED) is 0.0940. The van der Waals surface area contributed by atoms with Crippen LogP contribution in [0.5, 0.6) is 0 Å². The van der Waals surface area contributed by atoms with E-state index < -0.39 is 0 Å². The number of aliphatic imine (C=N–C) groups is 2. The minimum Gasteiger partial charge on any atom is -0.456 e. The number of fused-ring (bicyclic) bond motifs is 2. The van der Waals surface area contributed by atoms with Gasteiger partial charge in [-0.15, -0.1) is 0 Å². The van der Waals surface area contributed by atoms with Gasteiger partial charge in [-0.25, -0.2) is 9.97 Å². The first-order chi connectivity index (χ1) is 25.0. The number of benzene rings is 4. The van der Waals surface area contributed by atoms with Gasteiger partial charge in [0.25, 0.3) is 0 Å². The monoisotopic (exact) mass is 672 g/mol. The third-order valence-electron chi connectivity index (χ3n) is 10.3. The molecule has 0 bridgehead atoms. The van der Waals surface area contributed by atoms with Crippen molar-refractivity contribution in [2.75, 3.05) is 0 Å². The molecule has 4 aromatic carbocycles. The molecule has 9 heteroatoms. The molecular formula is C42H40N8O. The molecule has 0 unspecified atom stereocenters. The molecule has 0 saturated heterocycles. The summed E-state index contributed by atoms with van der Waals surface area (Å²) in [6, 6.07) is 33.3. The number of nitrogens with two attached hydrogens (primary N) is 2. The zero-order chi connectivity index (χ0) is 34.3. The predicted molar refractivity (Wildman–Crippen MR) is 206 cm³/mol. The number of aromatic nitrogens is 4. The third kappa shape index (κ3) is 6.31. The van der Waals surface area contributed by atoms with Crippen LogP contribution >= 0.6 is 0 Å². The van der Waals surface area contributed by atoms with E-state index in [1.807, 2.05) is 48.5 Å². The number of hydrogen-bond donors (Lipinski definition) is 4. The normalized spacial score (nSPS) is 16.2. The topological polar surface area (TPSA) is 147 Å². The fourth-order valence-electron chi connectivity index (χ4n) is 7.45. The lowest BCUT2D eigenvalue weighted by atomic mass is 10.1. The Morgan fingerprint density at radius 2 is 0.922 bits per heavy atom. The minimum atomic E-state index is 0.346. The van der Waals surface area contributed by atoms with Gasteiger partial charge in [-0.1, -0.05) is 74.2 Å². The highest BCUT2D eigenvalue weighted by atomic mass is 16.3. The molecule has 3 heterocycles. The summed E-state index contributed by atoms with van der Waals surface area (Å²) in [7, 11) is 0. The number of nitrogens with one attached hydrogen (secondary N) is 2. The van der Waals surface area contributed by atoms with Crippen LogP contribution in [0.2, 0.25) is 0 Å². The molecule has 2 fully saturated rings. The van der Waals surface area contributed by atoms with Crippen molar-refractivity contribution in [1.29, 1.82) is 0 Å². The number of hydrogen-bond acceptors (Lipinski definition) is 5. The van der Waals surface area contributed by atoms with Crippen LogP contribution in [0, 0.1) is 0 Å². The average Bonchev–Trinajstić information content (AvgIpc) is 4.01. The lowest BCUT2D eigenvalue weighted by Gasteiger charge is -2.05. The van der Waals surface area contributed by atoms with E-state index in [2.05, 4.69) is 58.5 Å². The van der Waals surface area contributed by atoms with E-state index in [-0.39, 0.29) is 0 Å². The first kappa shape index (κ1) is 31.1. The van der Waals surface area contributed by atoms with Crippen LogP contribution in [0.4, 0.5) is 0 Å². The fraction of sp³-hybridized carbons (Fsp3) is 0.238. The molecule has 7 aromatic rings. The Morgan fingerprint density at radius 1 is 0.529 bits per heavy atom. The van der Waals surface area contributed by atoms with E-state index in [9.17, 15) is 0 Å². The minimum absolute atomic E-state index is 0.346. The van der Waals surface area contributed by atoms with Gasteiger partial charge in [0.15, 0.2) is 0 Å². The van der Waals surface area contributed by atoms with Crippen molar-refractivity contribution in [2.24, 2.45) is 21.5 Å². The van der Waals surface area contributed by atoms with Gasteiger partial charge in [-0.3, -0.25) is 9.98 Å². The largest absolute Gasteiger partial charge is 0.456 e. The van der Waals surface area contributed by atoms with Gasteiger partial charge in [0.05, 0.1) is 34.2 Å². The molecule has 2 saturated carbocycles. The van der Waals surface area contributed by atoms with Crippen LogP contribution in [0.25, 0.3) is 67.5 Å². The van der Waals surface area contributed by atoms with Gasteiger partial charge in [-0.2, -0.15) is 0 Å².